The SMILES string of the molecule is CC(C)(C)NC(CCC(=O)O)C(=O)NC(CCC(=O)O)C(=O)NCCNC(=O)C(C)(C)C. The number of hydrogen-bond donors (Lipinski definition) is 6. The lowest BCUT2D eigenvalue weighted by Gasteiger charge is -2.29. The fourth-order valence-corrected chi connectivity index (χ4v) is 2.62. The van der Waals surface area contributed by atoms with Gasteiger partial charge in [-0.15, -0.1) is 0 Å². The first-order valence-corrected chi connectivity index (χ1v) is 10.6. The maximum absolute atomic E-state index is 12.8. The van der Waals surface area contributed by atoms with Gasteiger partial charge in [-0.2, -0.15) is 0 Å². The number of rotatable bonds is 13. The number of carboxylic acids is 2. The summed E-state index contributed by atoms with van der Waals surface area (Å²) in [6.45, 7) is 11.0. The van der Waals surface area contributed by atoms with Crippen LogP contribution < -0.4 is 21.3 Å². The molecule has 0 aliphatic heterocycles. The summed E-state index contributed by atoms with van der Waals surface area (Å²) in [6.07, 6.45) is -0.723. The molecule has 6 N–H and O–H groups in total. The number of carbonyl (C=O) groups excluding carboxylic acids is 3. The Morgan fingerprint density at radius 3 is 1.62 bits per heavy atom. The molecule has 2 atom stereocenters. The largest absolute Gasteiger partial charge is 0.481 e. The molecule has 0 fully saturated rings. The first kappa shape index (κ1) is 29.3. The van der Waals surface area contributed by atoms with Crippen LogP contribution in [0.15, 0.2) is 0 Å². The van der Waals surface area contributed by atoms with E-state index in [9.17, 15) is 24.0 Å². The van der Waals surface area contributed by atoms with E-state index < -0.39 is 46.8 Å². The van der Waals surface area contributed by atoms with E-state index in [0.717, 1.165) is 0 Å². The van der Waals surface area contributed by atoms with E-state index in [1.54, 1.807) is 20.8 Å². The molecule has 0 heterocycles. The molecule has 184 valence electrons. The monoisotopic (exact) mass is 458 g/mol. The molecule has 2 unspecified atom stereocenters. The summed E-state index contributed by atoms with van der Waals surface area (Å²) in [6, 6.07) is -2.00. The molecule has 32 heavy (non-hydrogen) atoms. The van der Waals surface area contributed by atoms with Gasteiger partial charge in [0, 0.05) is 36.9 Å². The Bertz CT molecular complexity index is 681. The molecule has 0 aliphatic carbocycles. The molecule has 0 bridgehead atoms. The van der Waals surface area contributed by atoms with Crippen LogP contribution in [0.25, 0.3) is 0 Å². The van der Waals surface area contributed by atoms with Crippen LogP contribution in [-0.4, -0.2) is 70.6 Å². The predicted octanol–water partition coefficient (Wildman–Crippen LogP) is 0.236. The van der Waals surface area contributed by atoms with Gasteiger partial charge in [0.15, 0.2) is 0 Å². The second kappa shape index (κ2) is 13.0. The molecule has 0 spiro atoms. The molecule has 0 aromatic heterocycles. The van der Waals surface area contributed by atoms with E-state index >= 15 is 0 Å². The average Bonchev–Trinajstić information content (AvgIpc) is 2.62. The van der Waals surface area contributed by atoms with E-state index in [4.69, 9.17) is 10.2 Å². The van der Waals surface area contributed by atoms with Crippen molar-refractivity contribution >= 4 is 29.7 Å². The van der Waals surface area contributed by atoms with Crippen LogP contribution in [0.1, 0.15) is 67.2 Å². The lowest BCUT2D eigenvalue weighted by atomic mass is 9.96. The highest BCUT2D eigenvalue weighted by Crippen LogP contribution is 2.12. The Morgan fingerprint density at radius 2 is 1.19 bits per heavy atom. The number of aliphatic carboxylic acids is 2. The summed E-state index contributed by atoms with van der Waals surface area (Å²) in [7, 11) is 0. The minimum absolute atomic E-state index is 0.00451. The molecular weight excluding hydrogens is 420 g/mol. The van der Waals surface area contributed by atoms with E-state index in [0.29, 0.717) is 0 Å². The Morgan fingerprint density at radius 1 is 0.719 bits per heavy atom. The summed E-state index contributed by atoms with van der Waals surface area (Å²) in [5.41, 5.74) is -1.07. The maximum Gasteiger partial charge on any atom is 0.303 e. The molecule has 3 amide bonds. The fourth-order valence-electron chi connectivity index (χ4n) is 2.62. The van der Waals surface area contributed by atoms with Crippen molar-refractivity contribution in [1.29, 1.82) is 0 Å². The molecule has 11 nitrogen and oxygen atoms in total. The van der Waals surface area contributed by atoms with Gasteiger partial charge in [-0.3, -0.25) is 24.0 Å². The normalized spacial score (nSPS) is 13.6. The highest BCUT2D eigenvalue weighted by atomic mass is 16.4. The number of carboxylic acid groups (broad SMARTS) is 2. The topological polar surface area (TPSA) is 174 Å². The third kappa shape index (κ3) is 13.6. The van der Waals surface area contributed by atoms with Crippen LogP contribution in [0.3, 0.4) is 0 Å². The van der Waals surface area contributed by atoms with Gasteiger partial charge in [0.05, 0.1) is 6.04 Å². The molecule has 0 saturated heterocycles. The molecule has 0 aliphatic rings. The van der Waals surface area contributed by atoms with E-state index in [1.807, 2.05) is 20.8 Å². The zero-order chi connectivity index (χ0) is 25.1. The van der Waals surface area contributed by atoms with Crippen LogP contribution in [0, 0.1) is 5.41 Å². The van der Waals surface area contributed by atoms with Crippen molar-refractivity contribution < 1.29 is 34.2 Å². The van der Waals surface area contributed by atoms with Gasteiger partial charge >= 0.3 is 11.9 Å². The Labute approximate surface area is 189 Å². The zero-order valence-electron chi connectivity index (χ0n) is 19.8. The molecule has 0 aromatic carbocycles. The van der Waals surface area contributed by atoms with Crippen molar-refractivity contribution in [3.63, 3.8) is 0 Å². The number of carbonyl (C=O) groups is 5. The summed E-state index contributed by atoms with van der Waals surface area (Å²) in [5.74, 6) is -3.54. The second-order valence-corrected chi connectivity index (χ2v) is 9.67. The van der Waals surface area contributed by atoms with Crippen molar-refractivity contribution in [2.24, 2.45) is 5.41 Å². The van der Waals surface area contributed by atoms with Crippen LogP contribution in [0.2, 0.25) is 0 Å². The van der Waals surface area contributed by atoms with Crippen molar-refractivity contribution in [2.75, 3.05) is 13.1 Å². The number of nitrogens with one attached hydrogen (secondary N) is 4. The Balaban J connectivity index is 5.10. The summed E-state index contributed by atoms with van der Waals surface area (Å²) < 4.78 is 0. The summed E-state index contributed by atoms with van der Waals surface area (Å²) >= 11 is 0. The molecule has 11 heteroatoms. The van der Waals surface area contributed by atoms with Crippen molar-refractivity contribution in [3.8, 4) is 0 Å². The lowest BCUT2D eigenvalue weighted by Crippen LogP contribution is -2.56. The van der Waals surface area contributed by atoms with E-state index in [2.05, 4.69) is 21.3 Å². The van der Waals surface area contributed by atoms with Gasteiger partial charge in [-0.05, 0) is 33.6 Å². The molecule has 0 aromatic rings. The highest BCUT2D eigenvalue weighted by molar-refractivity contribution is 5.90. The third-order valence-corrected chi connectivity index (χ3v) is 4.24. The van der Waals surface area contributed by atoms with Crippen molar-refractivity contribution in [3.05, 3.63) is 0 Å². The predicted molar refractivity (Wildman–Crippen MR) is 118 cm³/mol. The van der Waals surface area contributed by atoms with E-state index in [1.165, 1.54) is 0 Å². The van der Waals surface area contributed by atoms with Gasteiger partial charge in [-0.25, -0.2) is 0 Å². The minimum Gasteiger partial charge on any atom is -0.481 e. The molecule has 0 rings (SSSR count). The second-order valence-electron chi connectivity index (χ2n) is 9.67. The Hall–Kier alpha value is -2.69. The standard InChI is InChI=1S/C21H38N4O7/c1-20(2,3)19(32)23-12-11-22-17(30)13(7-9-15(26)27)24-18(31)14(8-10-16(28)29)25-21(4,5)6/h13-14,25H,7-12H2,1-6H3,(H,22,30)(H,23,32)(H,24,31)(H,26,27)(H,28,29). The summed E-state index contributed by atoms with van der Waals surface area (Å²) in [5, 5.41) is 28.7. The van der Waals surface area contributed by atoms with Gasteiger partial charge in [0.25, 0.3) is 0 Å². The average molecular weight is 459 g/mol. The highest BCUT2D eigenvalue weighted by Gasteiger charge is 2.29. The number of amides is 3. The smallest absolute Gasteiger partial charge is 0.303 e. The van der Waals surface area contributed by atoms with Crippen LogP contribution in [0.5, 0.6) is 0 Å². The fraction of sp³-hybridized carbons (Fsp3) is 0.762. The van der Waals surface area contributed by atoms with E-state index in [-0.39, 0.29) is 44.7 Å². The minimum atomic E-state index is -1.12. The lowest BCUT2D eigenvalue weighted by molar-refractivity contribution is -0.139. The number of hydrogen-bond acceptors (Lipinski definition) is 6. The third-order valence-electron chi connectivity index (χ3n) is 4.24. The quantitative estimate of drug-likeness (QED) is 0.213. The van der Waals surface area contributed by atoms with Gasteiger partial charge in [-0.1, -0.05) is 20.8 Å². The zero-order valence-corrected chi connectivity index (χ0v) is 19.8. The molecule has 0 radical (unpaired) electrons. The molecular formula is C21H38N4O7. The van der Waals surface area contributed by atoms with Crippen LogP contribution >= 0.6 is 0 Å². The van der Waals surface area contributed by atoms with Crippen LogP contribution in [0.4, 0.5) is 0 Å². The maximum atomic E-state index is 12.8. The van der Waals surface area contributed by atoms with Gasteiger partial charge in [0.1, 0.15) is 6.04 Å². The molecule has 0 saturated carbocycles. The first-order valence-electron chi connectivity index (χ1n) is 10.6. The van der Waals surface area contributed by atoms with Gasteiger partial charge in [0.2, 0.25) is 17.7 Å². The van der Waals surface area contributed by atoms with Gasteiger partial charge < -0.3 is 31.5 Å². The van der Waals surface area contributed by atoms with Crippen molar-refractivity contribution in [1.82, 2.24) is 21.3 Å². The van der Waals surface area contributed by atoms with Crippen molar-refractivity contribution in [2.45, 2.75) is 84.8 Å². The summed E-state index contributed by atoms with van der Waals surface area (Å²) in [4.78, 5) is 59.1. The Kier molecular flexibility index (Phi) is 11.9. The van der Waals surface area contributed by atoms with Crippen LogP contribution in [-0.2, 0) is 24.0 Å². The first-order chi connectivity index (χ1) is 14.5.